The van der Waals surface area contributed by atoms with Crippen molar-refractivity contribution in [3.8, 4) is 11.3 Å². The largest absolute Gasteiger partial charge is 0.481 e. The van der Waals surface area contributed by atoms with Crippen LogP contribution in [0.5, 0.6) is 0 Å². The molecule has 1 aliphatic heterocycles. The maximum atomic E-state index is 13.0. The van der Waals surface area contributed by atoms with Crippen molar-refractivity contribution in [2.75, 3.05) is 13.1 Å². The molecule has 0 aliphatic carbocycles. The summed E-state index contributed by atoms with van der Waals surface area (Å²) in [6, 6.07) is 6.05. The lowest BCUT2D eigenvalue weighted by atomic mass is 9.98. The van der Waals surface area contributed by atoms with Crippen LogP contribution in [0.2, 0.25) is 0 Å². The number of hydrogen-bond acceptors (Lipinski definition) is 4. The van der Waals surface area contributed by atoms with Gasteiger partial charge < -0.3 is 10.0 Å². The van der Waals surface area contributed by atoms with Crippen molar-refractivity contribution in [2.45, 2.75) is 19.3 Å². The fourth-order valence-corrected chi connectivity index (χ4v) is 3.59. The van der Waals surface area contributed by atoms with E-state index in [2.05, 4.69) is 4.98 Å². The molecule has 7 heteroatoms. The lowest BCUT2D eigenvalue weighted by Gasteiger charge is -2.30. The van der Waals surface area contributed by atoms with E-state index in [1.807, 2.05) is 5.38 Å². The minimum atomic E-state index is -0.847. The Labute approximate surface area is 142 Å². The van der Waals surface area contributed by atoms with Crippen molar-refractivity contribution in [3.63, 3.8) is 0 Å². The average molecular weight is 348 g/mol. The van der Waals surface area contributed by atoms with Gasteiger partial charge in [-0.15, -0.1) is 11.3 Å². The van der Waals surface area contributed by atoms with E-state index in [0.29, 0.717) is 30.1 Å². The SMILES string of the molecule is O=C(O)C1CCCN(C(=O)Cc2nc(-c3ccc(F)cc3)cs2)C1. The normalized spacial score (nSPS) is 17.7. The standard InChI is InChI=1S/C17H17FN2O3S/c18-13-5-3-11(4-6-13)14-10-24-15(19-14)8-16(21)20-7-1-2-12(9-20)17(22)23/h3-6,10,12H,1-2,7-9H2,(H,22,23). The molecule has 1 unspecified atom stereocenters. The van der Waals surface area contributed by atoms with Crippen LogP contribution in [0.25, 0.3) is 11.3 Å². The van der Waals surface area contributed by atoms with E-state index >= 15 is 0 Å². The highest BCUT2D eigenvalue weighted by Crippen LogP contribution is 2.23. The minimum Gasteiger partial charge on any atom is -0.481 e. The molecule has 1 N–H and O–H groups in total. The van der Waals surface area contributed by atoms with E-state index in [4.69, 9.17) is 5.11 Å². The van der Waals surface area contributed by atoms with Crippen molar-refractivity contribution in [3.05, 3.63) is 40.5 Å². The van der Waals surface area contributed by atoms with Gasteiger partial charge in [-0.3, -0.25) is 9.59 Å². The van der Waals surface area contributed by atoms with Crippen LogP contribution >= 0.6 is 11.3 Å². The minimum absolute atomic E-state index is 0.0963. The van der Waals surface area contributed by atoms with Gasteiger partial charge in [0.1, 0.15) is 10.8 Å². The molecule has 0 bridgehead atoms. The van der Waals surface area contributed by atoms with Crippen LogP contribution < -0.4 is 0 Å². The van der Waals surface area contributed by atoms with E-state index in [9.17, 15) is 14.0 Å². The molecule has 3 rings (SSSR count). The fourth-order valence-electron chi connectivity index (χ4n) is 2.79. The zero-order valence-electron chi connectivity index (χ0n) is 12.9. The number of aliphatic carboxylic acids is 1. The zero-order chi connectivity index (χ0) is 17.1. The summed E-state index contributed by atoms with van der Waals surface area (Å²) < 4.78 is 13.0. The quantitative estimate of drug-likeness (QED) is 0.922. The number of nitrogens with zero attached hydrogens (tertiary/aromatic N) is 2. The molecule has 2 heterocycles. The fraction of sp³-hybridized carbons (Fsp3) is 0.353. The molecule has 1 amide bonds. The summed E-state index contributed by atoms with van der Waals surface area (Å²) in [5.41, 5.74) is 1.51. The highest BCUT2D eigenvalue weighted by Gasteiger charge is 2.28. The summed E-state index contributed by atoms with van der Waals surface area (Å²) in [6.07, 6.45) is 1.49. The molecule has 0 spiro atoms. The van der Waals surface area contributed by atoms with Crippen molar-refractivity contribution >= 4 is 23.2 Å². The number of carbonyl (C=O) groups is 2. The summed E-state index contributed by atoms with van der Waals surface area (Å²) >= 11 is 1.38. The second kappa shape index (κ2) is 7.09. The molecule has 126 valence electrons. The van der Waals surface area contributed by atoms with Crippen LogP contribution in [-0.2, 0) is 16.0 Å². The number of likely N-dealkylation sites (tertiary alicyclic amines) is 1. The van der Waals surface area contributed by atoms with E-state index in [0.717, 1.165) is 5.56 Å². The van der Waals surface area contributed by atoms with Gasteiger partial charge in [-0.2, -0.15) is 0 Å². The van der Waals surface area contributed by atoms with E-state index in [1.165, 1.54) is 23.5 Å². The summed E-state index contributed by atoms with van der Waals surface area (Å²) in [7, 11) is 0. The van der Waals surface area contributed by atoms with E-state index < -0.39 is 11.9 Å². The lowest BCUT2D eigenvalue weighted by Crippen LogP contribution is -2.42. The summed E-state index contributed by atoms with van der Waals surface area (Å²) in [6.45, 7) is 0.864. The highest BCUT2D eigenvalue weighted by atomic mass is 32.1. The molecule has 2 aromatic rings. The van der Waals surface area contributed by atoms with Crippen molar-refractivity contribution in [1.29, 1.82) is 0 Å². The van der Waals surface area contributed by atoms with Crippen molar-refractivity contribution in [1.82, 2.24) is 9.88 Å². The van der Waals surface area contributed by atoms with Gasteiger partial charge in [-0.1, -0.05) is 0 Å². The van der Waals surface area contributed by atoms with Crippen LogP contribution in [0, 0.1) is 11.7 Å². The Kier molecular flexibility index (Phi) is 4.89. The number of hydrogen-bond donors (Lipinski definition) is 1. The molecule has 1 aliphatic rings. The molecular formula is C17H17FN2O3S. The third kappa shape index (κ3) is 3.79. The van der Waals surface area contributed by atoms with Gasteiger partial charge in [0.25, 0.3) is 0 Å². The Morgan fingerprint density at radius 1 is 1.33 bits per heavy atom. The molecule has 0 saturated carbocycles. The first-order chi connectivity index (χ1) is 11.5. The number of halogens is 1. The van der Waals surface area contributed by atoms with Crippen LogP contribution in [0.15, 0.2) is 29.6 Å². The predicted octanol–water partition coefficient (Wildman–Crippen LogP) is 2.81. The van der Waals surface area contributed by atoms with E-state index in [-0.39, 0.29) is 24.7 Å². The Morgan fingerprint density at radius 3 is 2.79 bits per heavy atom. The summed E-state index contributed by atoms with van der Waals surface area (Å²) in [5, 5.41) is 11.6. The van der Waals surface area contributed by atoms with E-state index in [1.54, 1.807) is 17.0 Å². The summed E-state index contributed by atoms with van der Waals surface area (Å²) in [5.74, 6) is -1.72. The Bertz CT molecular complexity index is 745. The first-order valence-electron chi connectivity index (χ1n) is 7.74. The van der Waals surface area contributed by atoms with Crippen LogP contribution in [0.4, 0.5) is 4.39 Å². The molecule has 0 radical (unpaired) electrons. The number of carboxylic acid groups (broad SMARTS) is 1. The van der Waals surface area contributed by atoms with Gasteiger partial charge in [0.05, 0.1) is 18.0 Å². The number of amides is 1. The molecule has 1 fully saturated rings. The molecule has 1 aromatic carbocycles. The smallest absolute Gasteiger partial charge is 0.308 e. The molecule has 24 heavy (non-hydrogen) atoms. The number of aromatic nitrogens is 1. The first kappa shape index (κ1) is 16.6. The second-order valence-corrected chi connectivity index (χ2v) is 6.77. The molecule has 1 atom stereocenters. The zero-order valence-corrected chi connectivity index (χ0v) is 13.8. The Hall–Kier alpha value is -2.28. The number of rotatable bonds is 4. The third-order valence-corrected chi connectivity index (χ3v) is 4.97. The maximum Gasteiger partial charge on any atom is 0.308 e. The summed E-state index contributed by atoms with van der Waals surface area (Å²) in [4.78, 5) is 29.5. The number of carbonyl (C=O) groups excluding carboxylic acids is 1. The first-order valence-corrected chi connectivity index (χ1v) is 8.62. The molecule has 5 nitrogen and oxygen atoms in total. The number of piperidine rings is 1. The van der Waals surface area contributed by atoms with Gasteiger partial charge in [0.2, 0.25) is 5.91 Å². The predicted molar refractivity (Wildman–Crippen MR) is 88.2 cm³/mol. The molecular weight excluding hydrogens is 331 g/mol. The van der Waals surface area contributed by atoms with Crippen molar-refractivity contribution < 1.29 is 19.1 Å². The third-order valence-electron chi connectivity index (χ3n) is 4.12. The number of benzene rings is 1. The van der Waals surface area contributed by atoms with Gasteiger partial charge in [-0.25, -0.2) is 9.37 Å². The highest BCUT2D eigenvalue weighted by molar-refractivity contribution is 7.10. The van der Waals surface area contributed by atoms with Gasteiger partial charge >= 0.3 is 5.97 Å². The van der Waals surface area contributed by atoms with Gasteiger partial charge in [0, 0.05) is 24.0 Å². The van der Waals surface area contributed by atoms with Crippen LogP contribution in [0.3, 0.4) is 0 Å². The lowest BCUT2D eigenvalue weighted by molar-refractivity contribution is -0.145. The Morgan fingerprint density at radius 2 is 2.08 bits per heavy atom. The Balaban J connectivity index is 1.65. The monoisotopic (exact) mass is 348 g/mol. The van der Waals surface area contributed by atoms with Gasteiger partial charge in [-0.05, 0) is 37.1 Å². The van der Waals surface area contributed by atoms with Crippen LogP contribution in [0.1, 0.15) is 17.8 Å². The maximum absolute atomic E-state index is 13.0. The molecule has 1 aromatic heterocycles. The molecule has 1 saturated heterocycles. The average Bonchev–Trinajstić information content (AvgIpc) is 3.04. The second-order valence-electron chi connectivity index (χ2n) is 5.83. The van der Waals surface area contributed by atoms with Crippen molar-refractivity contribution in [2.24, 2.45) is 5.92 Å². The topological polar surface area (TPSA) is 70.5 Å². The number of carboxylic acids is 1. The number of thiazole rings is 1. The van der Waals surface area contributed by atoms with Gasteiger partial charge in [0.15, 0.2) is 0 Å². The van der Waals surface area contributed by atoms with Crippen LogP contribution in [-0.4, -0.2) is 40.0 Å².